The highest BCUT2D eigenvalue weighted by Crippen LogP contribution is 2.24. The van der Waals surface area contributed by atoms with E-state index in [-0.39, 0.29) is 40.4 Å². The number of hydrogen-bond donors (Lipinski definition) is 1. The second kappa shape index (κ2) is 11.9. The van der Waals surface area contributed by atoms with Crippen LogP contribution in [0, 0.1) is 5.92 Å². The number of amides is 1. The van der Waals surface area contributed by atoms with Crippen LogP contribution in [0.1, 0.15) is 25.8 Å². The Morgan fingerprint density at radius 1 is 0.946 bits per heavy atom. The molecule has 0 saturated carbocycles. The van der Waals surface area contributed by atoms with Gasteiger partial charge in [-0.25, -0.2) is 9.59 Å². The number of fused-ring (bicyclic) bond motifs is 1. The maximum atomic E-state index is 13.0. The summed E-state index contributed by atoms with van der Waals surface area (Å²) in [6.45, 7) is 3.81. The van der Waals surface area contributed by atoms with Crippen molar-refractivity contribution in [2.24, 2.45) is 5.92 Å². The van der Waals surface area contributed by atoms with Gasteiger partial charge in [-0.15, -0.1) is 0 Å². The lowest BCUT2D eigenvalue weighted by molar-refractivity contribution is -0.138. The fourth-order valence-electron chi connectivity index (χ4n) is 3.58. The van der Waals surface area contributed by atoms with E-state index in [9.17, 15) is 14.4 Å². The second-order valence-corrected chi connectivity index (χ2v) is 8.49. The van der Waals surface area contributed by atoms with Crippen LogP contribution in [0.2, 0.25) is 0 Å². The molecule has 0 fully saturated rings. The van der Waals surface area contributed by atoms with Crippen LogP contribution in [0.3, 0.4) is 0 Å². The van der Waals surface area contributed by atoms with E-state index in [1.807, 2.05) is 50.2 Å². The first kappa shape index (κ1) is 25.5. The van der Waals surface area contributed by atoms with Gasteiger partial charge < -0.3 is 23.9 Å². The van der Waals surface area contributed by atoms with E-state index in [2.05, 4.69) is 5.32 Å². The zero-order valence-corrected chi connectivity index (χ0v) is 20.5. The largest absolute Gasteiger partial charge is 0.460 e. The molecule has 0 bridgehead atoms. The zero-order chi connectivity index (χ0) is 26.2. The second-order valence-electron chi connectivity index (χ2n) is 8.49. The number of para-hydroxylation sites is 1. The van der Waals surface area contributed by atoms with Crippen molar-refractivity contribution in [3.05, 3.63) is 101 Å². The standard InChI is InChI=1S/C29H27NO7/c1-3-19(2)26(30-29(33)35-17-20-10-6-4-7-11-20)28(32)37-22-14-15-23-24(16-22)34-18-25(27(23)31)36-21-12-8-5-9-13-21/h4-16,18-19,26H,3,17H2,1-2H3,(H,30,33). The van der Waals surface area contributed by atoms with Gasteiger partial charge in [0.15, 0.2) is 0 Å². The van der Waals surface area contributed by atoms with Crippen LogP contribution in [-0.2, 0) is 16.1 Å². The summed E-state index contributed by atoms with van der Waals surface area (Å²) in [7, 11) is 0. The smallest absolute Gasteiger partial charge is 0.408 e. The predicted molar refractivity (Wildman–Crippen MR) is 138 cm³/mol. The van der Waals surface area contributed by atoms with Crippen molar-refractivity contribution in [1.82, 2.24) is 5.32 Å². The van der Waals surface area contributed by atoms with E-state index in [0.717, 1.165) is 5.56 Å². The number of rotatable bonds is 9. The fraction of sp³-hybridized carbons (Fsp3) is 0.207. The SMILES string of the molecule is CCC(C)C(NC(=O)OCc1ccccc1)C(=O)Oc1ccc2c(=O)c(Oc3ccccc3)coc2c1. The average molecular weight is 502 g/mol. The zero-order valence-electron chi connectivity index (χ0n) is 20.5. The van der Waals surface area contributed by atoms with Gasteiger partial charge in [0.2, 0.25) is 11.2 Å². The van der Waals surface area contributed by atoms with Crippen LogP contribution < -0.4 is 20.2 Å². The minimum absolute atomic E-state index is 0.0403. The lowest BCUT2D eigenvalue weighted by Gasteiger charge is -2.22. The normalized spacial score (nSPS) is 12.4. The quantitative estimate of drug-likeness (QED) is 0.227. The molecule has 1 amide bonds. The maximum absolute atomic E-state index is 13.0. The molecule has 4 aromatic rings. The molecular formula is C29H27NO7. The van der Waals surface area contributed by atoms with Crippen LogP contribution in [0.25, 0.3) is 11.0 Å². The Morgan fingerprint density at radius 2 is 1.65 bits per heavy atom. The van der Waals surface area contributed by atoms with E-state index in [4.69, 9.17) is 18.6 Å². The number of alkyl carbamates (subject to hydrolysis) is 1. The molecule has 0 aliphatic carbocycles. The lowest BCUT2D eigenvalue weighted by atomic mass is 9.99. The molecule has 37 heavy (non-hydrogen) atoms. The van der Waals surface area contributed by atoms with Gasteiger partial charge in [0.25, 0.3) is 0 Å². The predicted octanol–water partition coefficient (Wildman–Crippen LogP) is 5.83. The van der Waals surface area contributed by atoms with Crippen LogP contribution in [-0.4, -0.2) is 18.1 Å². The molecule has 0 saturated heterocycles. The van der Waals surface area contributed by atoms with Gasteiger partial charge in [0.05, 0.1) is 5.39 Å². The summed E-state index contributed by atoms with van der Waals surface area (Å²) in [5, 5.41) is 2.88. The van der Waals surface area contributed by atoms with Gasteiger partial charge in [0.1, 0.15) is 36.0 Å². The Balaban J connectivity index is 1.45. The summed E-state index contributed by atoms with van der Waals surface area (Å²) < 4.78 is 22.0. The first-order chi connectivity index (χ1) is 17.9. The Morgan fingerprint density at radius 3 is 2.35 bits per heavy atom. The fourth-order valence-corrected chi connectivity index (χ4v) is 3.58. The third-order valence-corrected chi connectivity index (χ3v) is 5.86. The Bertz CT molecular complexity index is 1420. The molecule has 190 valence electrons. The van der Waals surface area contributed by atoms with Gasteiger partial charge in [-0.2, -0.15) is 0 Å². The summed E-state index contributed by atoms with van der Waals surface area (Å²) in [6, 6.07) is 21.6. The molecule has 2 atom stereocenters. The van der Waals surface area contributed by atoms with Crippen molar-refractivity contribution in [1.29, 1.82) is 0 Å². The van der Waals surface area contributed by atoms with Crippen molar-refractivity contribution in [3.8, 4) is 17.2 Å². The minimum Gasteiger partial charge on any atom is -0.460 e. The van der Waals surface area contributed by atoms with Gasteiger partial charge in [-0.3, -0.25) is 4.79 Å². The Kier molecular flexibility index (Phi) is 8.20. The molecule has 3 aromatic carbocycles. The van der Waals surface area contributed by atoms with Gasteiger partial charge in [0, 0.05) is 6.07 Å². The molecule has 4 rings (SSSR count). The summed E-state index contributed by atoms with van der Waals surface area (Å²) in [4.78, 5) is 38.2. The molecule has 0 aliphatic heterocycles. The van der Waals surface area contributed by atoms with E-state index >= 15 is 0 Å². The monoisotopic (exact) mass is 501 g/mol. The molecule has 1 heterocycles. The van der Waals surface area contributed by atoms with Crippen LogP contribution in [0.5, 0.6) is 17.2 Å². The summed E-state index contributed by atoms with van der Waals surface area (Å²) in [5.41, 5.74) is 0.699. The van der Waals surface area contributed by atoms with E-state index in [1.54, 1.807) is 24.3 Å². The Labute approximate surface area is 213 Å². The maximum Gasteiger partial charge on any atom is 0.408 e. The molecule has 0 aliphatic rings. The summed E-state index contributed by atoms with van der Waals surface area (Å²) >= 11 is 0. The average Bonchev–Trinajstić information content (AvgIpc) is 2.93. The number of benzene rings is 3. The van der Waals surface area contributed by atoms with Crippen LogP contribution in [0.4, 0.5) is 4.79 Å². The van der Waals surface area contributed by atoms with Crippen molar-refractivity contribution in [3.63, 3.8) is 0 Å². The third-order valence-electron chi connectivity index (χ3n) is 5.86. The highest BCUT2D eigenvalue weighted by atomic mass is 16.6. The van der Waals surface area contributed by atoms with Gasteiger partial charge in [-0.05, 0) is 35.7 Å². The molecule has 0 radical (unpaired) electrons. The summed E-state index contributed by atoms with van der Waals surface area (Å²) in [5.74, 6) is -0.154. The highest BCUT2D eigenvalue weighted by Gasteiger charge is 2.28. The van der Waals surface area contributed by atoms with E-state index < -0.39 is 18.1 Å². The number of nitrogens with one attached hydrogen (secondary N) is 1. The number of hydrogen-bond acceptors (Lipinski definition) is 7. The lowest BCUT2D eigenvalue weighted by Crippen LogP contribution is -2.47. The highest BCUT2D eigenvalue weighted by molar-refractivity contribution is 5.85. The van der Waals surface area contributed by atoms with Gasteiger partial charge in [-0.1, -0.05) is 68.8 Å². The van der Waals surface area contributed by atoms with Crippen LogP contribution >= 0.6 is 0 Å². The number of esters is 1. The van der Waals surface area contributed by atoms with Gasteiger partial charge >= 0.3 is 12.1 Å². The summed E-state index contributed by atoms with van der Waals surface area (Å²) in [6.07, 6.45) is 1.12. The van der Waals surface area contributed by atoms with E-state index in [0.29, 0.717) is 12.2 Å². The van der Waals surface area contributed by atoms with Crippen molar-refractivity contribution >= 4 is 23.0 Å². The number of carbonyl (C=O) groups excluding carboxylic acids is 2. The third kappa shape index (κ3) is 6.55. The first-order valence-electron chi connectivity index (χ1n) is 11.9. The molecular weight excluding hydrogens is 474 g/mol. The molecule has 8 nitrogen and oxygen atoms in total. The van der Waals surface area contributed by atoms with Crippen molar-refractivity contribution in [2.45, 2.75) is 32.9 Å². The number of ether oxygens (including phenoxy) is 3. The van der Waals surface area contributed by atoms with Crippen molar-refractivity contribution in [2.75, 3.05) is 0 Å². The Hall–Kier alpha value is -4.59. The molecule has 0 spiro atoms. The minimum atomic E-state index is -0.933. The molecule has 8 heteroatoms. The molecule has 1 N–H and O–H groups in total. The van der Waals surface area contributed by atoms with E-state index in [1.165, 1.54) is 24.5 Å². The topological polar surface area (TPSA) is 104 Å². The molecule has 2 unspecified atom stereocenters. The van der Waals surface area contributed by atoms with Crippen molar-refractivity contribution < 1.29 is 28.2 Å². The number of carbonyl (C=O) groups is 2. The van der Waals surface area contributed by atoms with Crippen LogP contribution in [0.15, 0.2) is 94.3 Å². The first-order valence-corrected chi connectivity index (χ1v) is 11.9. The molecule has 1 aromatic heterocycles.